The minimum atomic E-state index is -0.0105. The molecule has 2 aromatic heterocycles. The zero-order valence-corrected chi connectivity index (χ0v) is 14.8. The number of nitrogens with zero attached hydrogens (tertiary/aromatic N) is 1. The lowest BCUT2D eigenvalue weighted by atomic mass is 10.2. The molecule has 1 fully saturated rings. The fraction of sp³-hybridized carbons (Fsp3) is 0.500. The molecule has 3 heterocycles. The Balaban J connectivity index is 1.82. The first-order chi connectivity index (χ1) is 11.0. The van der Waals surface area contributed by atoms with Gasteiger partial charge in [0.15, 0.2) is 0 Å². The van der Waals surface area contributed by atoms with Crippen LogP contribution in [0.25, 0.3) is 10.2 Å². The number of hydrogen-bond donors (Lipinski definition) is 1. The van der Waals surface area contributed by atoms with Crippen LogP contribution in [0.3, 0.4) is 0 Å². The molecule has 2 aromatic rings. The van der Waals surface area contributed by atoms with E-state index in [1.54, 1.807) is 11.3 Å². The molecule has 3 rings (SSSR count). The Bertz CT molecular complexity index is 732. The van der Waals surface area contributed by atoms with Crippen molar-refractivity contribution in [2.75, 3.05) is 13.2 Å². The van der Waals surface area contributed by atoms with Gasteiger partial charge in [-0.3, -0.25) is 4.79 Å². The summed E-state index contributed by atoms with van der Waals surface area (Å²) in [4.78, 5) is 13.9. The van der Waals surface area contributed by atoms with Gasteiger partial charge in [-0.1, -0.05) is 11.6 Å². The number of thiophene rings is 1. The van der Waals surface area contributed by atoms with Crippen LogP contribution in [0.15, 0.2) is 23.8 Å². The van der Waals surface area contributed by atoms with Crippen LogP contribution in [-0.4, -0.2) is 29.7 Å². The van der Waals surface area contributed by atoms with Crippen molar-refractivity contribution in [3.63, 3.8) is 0 Å². The number of amides is 1. The van der Waals surface area contributed by atoms with Crippen LogP contribution in [0.5, 0.6) is 0 Å². The van der Waals surface area contributed by atoms with Gasteiger partial charge in [0.25, 0.3) is 5.91 Å². The van der Waals surface area contributed by atoms with Gasteiger partial charge in [-0.15, -0.1) is 11.3 Å². The van der Waals surface area contributed by atoms with Crippen molar-refractivity contribution in [2.24, 2.45) is 0 Å². The molecule has 1 atom stereocenters. The molecule has 5 heteroatoms. The second-order valence-corrected chi connectivity index (χ2v) is 7.66. The first kappa shape index (κ1) is 16.3. The third-order valence-electron chi connectivity index (χ3n) is 4.14. The monoisotopic (exact) mass is 332 g/mol. The second kappa shape index (κ2) is 6.89. The van der Waals surface area contributed by atoms with Crippen molar-refractivity contribution in [1.82, 2.24) is 9.88 Å². The summed E-state index contributed by atoms with van der Waals surface area (Å²) in [5.74, 6) is -0.0105. The molecule has 0 aliphatic carbocycles. The summed E-state index contributed by atoms with van der Waals surface area (Å²) in [6.07, 6.45) is 4.45. The van der Waals surface area contributed by atoms with Gasteiger partial charge in [0, 0.05) is 24.6 Å². The Morgan fingerprint density at radius 3 is 3.00 bits per heavy atom. The molecule has 1 saturated heterocycles. The van der Waals surface area contributed by atoms with Crippen LogP contribution < -0.4 is 5.32 Å². The Labute approximate surface area is 141 Å². The lowest BCUT2D eigenvalue weighted by molar-refractivity contribution is 0.0851. The number of rotatable bonds is 5. The fourth-order valence-electron chi connectivity index (χ4n) is 2.93. The number of hydrogen-bond acceptors (Lipinski definition) is 3. The summed E-state index contributed by atoms with van der Waals surface area (Å²) in [5, 5.41) is 3.03. The second-order valence-electron chi connectivity index (χ2n) is 6.37. The lowest BCUT2D eigenvalue weighted by Gasteiger charge is -2.12. The van der Waals surface area contributed by atoms with Gasteiger partial charge < -0.3 is 14.6 Å². The molecular weight excluding hydrogens is 308 g/mol. The van der Waals surface area contributed by atoms with Crippen molar-refractivity contribution in [2.45, 2.75) is 46.3 Å². The molecule has 124 valence electrons. The molecule has 0 spiro atoms. The van der Waals surface area contributed by atoms with Gasteiger partial charge in [-0.25, -0.2) is 0 Å². The molecule has 0 saturated carbocycles. The van der Waals surface area contributed by atoms with Crippen LogP contribution in [0.2, 0.25) is 0 Å². The SMILES string of the molecule is CC(C)=CCn1c(C(=O)NC[C@H]2CCCO2)cc2sc(C)cc21. The Morgan fingerprint density at radius 1 is 1.48 bits per heavy atom. The third kappa shape index (κ3) is 3.67. The van der Waals surface area contributed by atoms with Crippen molar-refractivity contribution >= 4 is 27.5 Å². The maximum atomic E-state index is 12.6. The van der Waals surface area contributed by atoms with Crippen LogP contribution in [-0.2, 0) is 11.3 Å². The highest BCUT2D eigenvalue weighted by molar-refractivity contribution is 7.19. The predicted molar refractivity (Wildman–Crippen MR) is 95.3 cm³/mol. The molecule has 1 aliphatic rings. The molecule has 23 heavy (non-hydrogen) atoms. The van der Waals surface area contributed by atoms with Gasteiger partial charge in [-0.05, 0) is 45.7 Å². The van der Waals surface area contributed by atoms with Crippen LogP contribution in [0.4, 0.5) is 0 Å². The standard InChI is InChI=1S/C18H24N2O2S/c1-12(2)6-7-20-15-9-13(3)23-17(15)10-16(20)18(21)19-11-14-5-4-8-22-14/h6,9-10,14H,4-5,7-8,11H2,1-3H3,(H,19,21)/t14-/m1/s1. The van der Waals surface area contributed by atoms with Crippen molar-refractivity contribution < 1.29 is 9.53 Å². The normalized spacial score (nSPS) is 17.6. The number of fused-ring (bicyclic) bond motifs is 1. The summed E-state index contributed by atoms with van der Waals surface area (Å²) in [5.41, 5.74) is 3.14. The third-order valence-corrected chi connectivity index (χ3v) is 5.13. The van der Waals surface area contributed by atoms with Gasteiger partial charge in [0.2, 0.25) is 0 Å². The summed E-state index contributed by atoms with van der Waals surface area (Å²) in [6.45, 7) is 8.40. The molecule has 1 N–H and O–H groups in total. The molecule has 1 amide bonds. The summed E-state index contributed by atoms with van der Waals surface area (Å²) in [7, 11) is 0. The van der Waals surface area contributed by atoms with E-state index < -0.39 is 0 Å². The lowest BCUT2D eigenvalue weighted by Crippen LogP contribution is -2.33. The molecule has 0 aromatic carbocycles. The van der Waals surface area contributed by atoms with Crippen LogP contribution >= 0.6 is 11.3 Å². The van der Waals surface area contributed by atoms with Gasteiger partial charge in [-0.2, -0.15) is 0 Å². The van der Waals surface area contributed by atoms with E-state index in [0.717, 1.165) is 37.2 Å². The summed E-state index contributed by atoms with van der Waals surface area (Å²) in [6, 6.07) is 4.17. The predicted octanol–water partition coefficient (Wildman–Crippen LogP) is 3.89. The van der Waals surface area contributed by atoms with E-state index in [-0.39, 0.29) is 12.0 Å². The number of aryl methyl sites for hydroxylation is 1. The highest BCUT2D eigenvalue weighted by atomic mass is 32.1. The maximum Gasteiger partial charge on any atom is 0.268 e. The van der Waals surface area contributed by atoms with E-state index in [1.807, 2.05) is 6.07 Å². The summed E-state index contributed by atoms with van der Waals surface area (Å²) >= 11 is 1.74. The molecule has 0 unspecified atom stereocenters. The Kier molecular flexibility index (Phi) is 4.87. The smallest absolute Gasteiger partial charge is 0.268 e. The number of ether oxygens (including phenoxy) is 1. The molecule has 4 nitrogen and oxygen atoms in total. The number of allylic oxidation sites excluding steroid dienone is 2. The average molecular weight is 332 g/mol. The first-order valence-corrected chi connectivity index (χ1v) is 8.99. The average Bonchev–Trinajstić information content (AvgIpc) is 3.18. The number of carbonyl (C=O) groups is 1. The molecule has 0 radical (unpaired) electrons. The van der Waals surface area contributed by atoms with Gasteiger partial charge >= 0.3 is 0 Å². The molecule has 1 aliphatic heterocycles. The van der Waals surface area contributed by atoms with E-state index in [0.29, 0.717) is 6.54 Å². The first-order valence-electron chi connectivity index (χ1n) is 8.17. The van der Waals surface area contributed by atoms with E-state index >= 15 is 0 Å². The maximum absolute atomic E-state index is 12.6. The van der Waals surface area contributed by atoms with Gasteiger partial charge in [0.05, 0.1) is 16.3 Å². The Hall–Kier alpha value is -1.59. The highest BCUT2D eigenvalue weighted by Crippen LogP contribution is 2.29. The topological polar surface area (TPSA) is 43.3 Å². The highest BCUT2D eigenvalue weighted by Gasteiger charge is 2.20. The van der Waals surface area contributed by atoms with Crippen LogP contribution in [0.1, 0.15) is 42.1 Å². The number of nitrogens with one attached hydrogen (secondary N) is 1. The van der Waals surface area contributed by atoms with Crippen LogP contribution in [0, 0.1) is 6.92 Å². The Morgan fingerprint density at radius 2 is 2.30 bits per heavy atom. The molecule has 0 bridgehead atoms. The van der Waals surface area contributed by atoms with Gasteiger partial charge in [0.1, 0.15) is 5.69 Å². The van der Waals surface area contributed by atoms with E-state index in [1.165, 1.54) is 15.2 Å². The van der Waals surface area contributed by atoms with E-state index in [9.17, 15) is 4.79 Å². The fourth-order valence-corrected chi connectivity index (χ4v) is 3.89. The van der Waals surface area contributed by atoms with E-state index in [2.05, 4.69) is 42.8 Å². The zero-order valence-electron chi connectivity index (χ0n) is 14.0. The largest absolute Gasteiger partial charge is 0.376 e. The van der Waals surface area contributed by atoms with E-state index in [4.69, 9.17) is 4.74 Å². The summed E-state index contributed by atoms with van der Waals surface area (Å²) < 4.78 is 8.86. The minimum Gasteiger partial charge on any atom is -0.376 e. The van der Waals surface area contributed by atoms with Crippen molar-refractivity contribution in [3.8, 4) is 0 Å². The molecular formula is C18H24N2O2S. The van der Waals surface area contributed by atoms with Crippen molar-refractivity contribution in [3.05, 3.63) is 34.4 Å². The zero-order chi connectivity index (χ0) is 16.4. The quantitative estimate of drug-likeness (QED) is 0.844. The number of carbonyl (C=O) groups excluding carboxylic acids is 1. The number of aromatic nitrogens is 1. The van der Waals surface area contributed by atoms with Crippen molar-refractivity contribution in [1.29, 1.82) is 0 Å². The minimum absolute atomic E-state index is 0.0105.